The van der Waals surface area contributed by atoms with Crippen LogP contribution in [0.4, 0.5) is 0 Å². The molecule has 0 N–H and O–H groups in total. The van der Waals surface area contributed by atoms with Crippen LogP contribution in [-0.2, 0) is 13.0 Å². The summed E-state index contributed by atoms with van der Waals surface area (Å²) in [6, 6.07) is 6.21. The van der Waals surface area contributed by atoms with E-state index >= 15 is 0 Å². The molecule has 0 saturated carbocycles. The Morgan fingerprint density at radius 2 is 2.47 bits per heavy atom. The lowest BCUT2D eigenvalue weighted by atomic mass is 10.2. The molecule has 15 heavy (non-hydrogen) atoms. The number of aromatic nitrogens is 2. The number of hydrogen-bond donors (Lipinski definition) is 0. The second-order valence-electron chi connectivity index (χ2n) is 3.17. The molecule has 2 heterocycles. The largest absolute Gasteiger partial charge is 0.272 e. The molecule has 0 spiro atoms. The van der Waals surface area contributed by atoms with Crippen molar-refractivity contribution in [3.63, 3.8) is 0 Å². The van der Waals surface area contributed by atoms with Crippen molar-refractivity contribution < 1.29 is 0 Å². The maximum absolute atomic E-state index is 8.74. The first-order valence-corrected chi connectivity index (χ1v) is 5.70. The van der Waals surface area contributed by atoms with E-state index in [0.717, 1.165) is 22.7 Å². The zero-order valence-electron chi connectivity index (χ0n) is 8.47. The molecule has 0 aromatic carbocycles. The van der Waals surface area contributed by atoms with E-state index in [1.165, 1.54) is 0 Å². The first kappa shape index (κ1) is 9.94. The van der Waals surface area contributed by atoms with Gasteiger partial charge in [-0.25, -0.2) is 0 Å². The van der Waals surface area contributed by atoms with Gasteiger partial charge in [-0.2, -0.15) is 10.4 Å². The predicted molar refractivity (Wildman–Crippen MR) is 60.5 cm³/mol. The van der Waals surface area contributed by atoms with Crippen LogP contribution in [0, 0.1) is 11.3 Å². The van der Waals surface area contributed by atoms with Crippen molar-refractivity contribution in [1.29, 1.82) is 5.26 Å². The monoisotopic (exact) mass is 217 g/mol. The maximum Gasteiger partial charge on any atom is 0.106 e. The summed E-state index contributed by atoms with van der Waals surface area (Å²) < 4.78 is 1.88. The van der Waals surface area contributed by atoms with Gasteiger partial charge in [0.1, 0.15) is 5.69 Å². The third-order valence-electron chi connectivity index (χ3n) is 2.19. The van der Waals surface area contributed by atoms with Crippen molar-refractivity contribution in [3.8, 4) is 16.6 Å². The first-order chi connectivity index (χ1) is 7.35. The van der Waals surface area contributed by atoms with Crippen LogP contribution in [0.3, 0.4) is 0 Å². The fourth-order valence-electron chi connectivity index (χ4n) is 1.46. The molecule has 0 aliphatic heterocycles. The molecular formula is C11H11N3S. The van der Waals surface area contributed by atoms with Gasteiger partial charge in [0.25, 0.3) is 0 Å². The van der Waals surface area contributed by atoms with E-state index in [1.54, 1.807) is 11.3 Å². The molecule has 76 valence electrons. The number of thiophene rings is 1. The second-order valence-corrected chi connectivity index (χ2v) is 4.12. The Hall–Kier alpha value is -1.60. The van der Waals surface area contributed by atoms with Gasteiger partial charge in [-0.1, -0.05) is 6.07 Å². The number of hydrogen-bond acceptors (Lipinski definition) is 3. The maximum atomic E-state index is 8.74. The highest BCUT2D eigenvalue weighted by Gasteiger charge is 2.10. The molecule has 2 rings (SSSR count). The minimum absolute atomic E-state index is 0.424. The van der Waals surface area contributed by atoms with Gasteiger partial charge in [0, 0.05) is 18.3 Å². The van der Waals surface area contributed by atoms with E-state index in [0.29, 0.717) is 6.42 Å². The summed E-state index contributed by atoms with van der Waals surface area (Å²) in [5.74, 6) is 0. The standard InChI is InChI=1S/C11H11N3S/c1-2-14-8-9(5-6-12)11(13-14)10-4-3-7-15-10/h3-4,7-8H,2,5H2,1H3. The van der Waals surface area contributed by atoms with Gasteiger partial charge in [-0.05, 0) is 18.4 Å². The lowest BCUT2D eigenvalue weighted by Crippen LogP contribution is -1.93. The minimum Gasteiger partial charge on any atom is -0.272 e. The van der Waals surface area contributed by atoms with Crippen LogP contribution in [0.25, 0.3) is 10.6 Å². The molecule has 0 aliphatic rings. The van der Waals surface area contributed by atoms with E-state index in [1.807, 2.05) is 35.3 Å². The Balaban J connectivity index is 2.45. The number of nitrogens with zero attached hydrogens (tertiary/aromatic N) is 3. The summed E-state index contributed by atoms with van der Waals surface area (Å²) in [7, 11) is 0. The van der Waals surface area contributed by atoms with E-state index in [2.05, 4.69) is 11.2 Å². The molecule has 0 unspecified atom stereocenters. The fourth-order valence-corrected chi connectivity index (χ4v) is 2.20. The molecule has 3 nitrogen and oxygen atoms in total. The Morgan fingerprint density at radius 3 is 3.07 bits per heavy atom. The fraction of sp³-hybridized carbons (Fsp3) is 0.273. The lowest BCUT2D eigenvalue weighted by molar-refractivity contribution is 0.661. The van der Waals surface area contributed by atoms with E-state index in [9.17, 15) is 0 Å². The van der Waals surface area contributed by atoms with E-state index < -0.39 is 0 Å². The van der Waals surface area contributed by atoms with Crippen LogP contribution in [0.5, 0.6) is 0 Å². The molecule has 4 heteroatoms. The van der Waals surface area contributed by atoms with Gasteiger partial charge in [-0.15, -0.1) is 11.3 Å². The van der Waals surface area contributed by atoms with Crippen LogP contribution in [-0.4, -0.2) is 9.78 Å². The van der Waals surface area contributed by atoms with E-state index in [-0.39, 0.29) is 0 Å². The molecule has 0 amide bonds. The third kappa shape index (κ3) is 1.92. The van der Waals surface area contributed by atoms with Crippen molar-refractivity contribution >= 4 is 11.3 Å². The third-order valence-corrected chi connectivity index (χ3v) is 3.06. The summed E-state index contributed by atoms with van der Waals surface area (Å²) in [6.45, 7) is 2.88. The molecule has 0 atom stereocenters. The number of rotatable bonds is 3. The summed E-state index contributed by atoms with van der Waals surface area (Å²) in [6.07, 6.45) is 2.38. The first-order valence-electron chi connectivity index (χ1n) is 4.82. The molecule has 0 radical (unpaired) electrons. The summed E-state index contributed by atoms with van der Waals surface area (Å²) in [4.78, 5) is 1.13. The highest BCUT2D eigenvalue weighted by molar-refractivity contribution is 7.13. The Kier molecular flexibility index (Phi) is 2.84. The second kappa shape index (κ2) is 4.28. The Labute approximate surface area is 92.6 Å². The summed E-state index contributed by atoms with van der Waals surface area (Å²) >= 11 is 1.65. The van der Waals surface area contributed by atoms with Crippen LogP contribution < -0.4 is 0 Å². The highest BCUT2D eigenvalue weighted by atomic mass is 32.1. The molecule has 0 fully saturated rings. The molecule has 0 saturated heterocycles. The SMILES string of the molecule is CCn1cc(CC#N)c(-c2cccs2)n1. The number of nitriles is 1. The lowest BCUT2D eigenvalue weighted by Gasteiger charge is -1.93. The van der Waals surface area contributed by atoms with Gasteiger partial charge in [-0.3, -0.25) is 4.68 Å². The Bertz CT molecular complexity index is 476. The van der Waals surface area contributed by atoms with Crippen molar-refractivity contribution in [2.24, 2.45) is 0 Å². The molecule has 2 aromatic rings. The zero-order chi connectivity index (χ0) is 10.7. The van der Waals surface area contributed by atoms with Gasteiger partial charge >= 0.3 is 0 Å². The van der Waals surface area contributed by atoms with Gasteiger partial charge in [0.2, 0.25) is 0 Å². The predicted octanol–water partition coefficient (Wildman–Crippen LogP) is 2.70. The molecule has 0 bridgehead atoms. The Morgan fingerprint density at radius 1 is 1.60 bits per heavy atom. The van der Waals surface area contributed by atoms with Gasteiger partial charge in [0.15, 0.2) is 0 Å². The summed E-state index contributed by atoms with van der Waals surface area (Å²) in [5.41, 5.74) is 1.97. The molecular weight excluding hydrogens is 206 g/mol. The quantitative estimate of drug-likeness (QED) is 0.793. The van der Waals surface area contributed by atoms with Gasteiger partial charge in [0.05, 0.1) is 17.4 Å². The smallest absolute Gasteiger partial charge is 0.106 e. The average molecular weight is 217 g/mol. The van der Waals surface area contributed by atoms with Crippen molar-refractivity contribution in [2.75, 3.05) is 0 Å². The highest BCUT2D eigenvalue weighted by Crippen LogP contribution is 2.26. The zero-order valence-corrected chi connectivity index (χ0v) is 9.29. The van der Waals surface area contributed by atoms with Crippen molar-refractivity contribution in [2.45, 2.75) is 19.9 Å². The molecule has 0 aliphatic carbocycles. The average Bonchev–Trinajstić information content (AvgIpc) is 2.85. The van der Waals surface area contributed by atoms with Gasteiger partial charge < -0.3 is 0 Å². The topological polar surface area (TPSA) is 41.6 Å². The molecule has 2 aromatic heterocycles. The number of aryl methyl sites for hydroxylation is 1. The van der Waals surface area contributed by atoms with Crippen LogP contribution in [0.1, 0.15) is 12.5 Å². The van der Waals surface area contributed by atoms with E-state index in [4.69, 9.17) is 5.26 Å². The van der Waals surface area contributed by atoms with Crippen LogP contribution >= 0.6 is 11.3 Å². The normalized spacial score (nSPS) is 10.1. The van der Waals surface area contributed by atoms with Crippen LogP contribution in [0.15, 0.2) is 23.7 Å². The van der Waals surface area contributed by atoms with Crippen molar-refractivity contribution in [3.05, 3.63) is 29.3 Å². The summed E-state index contributed by atoms with van der Waals surface area (Å²) in [5, 5.41) is 15.2. The van der Waals surface area contributed by atoms with Crippen molar-refractivity contribution in [1.82, 2.24) is 9.78 Å². The minimum atomic E-state index is 0.424. The van der Waals surface area contributed by atoms with Crippen LogP contribution in [0.2, 0.25) is 0 Å².